The number of benzene rings is 1. The van der Waals surface area contributed by atoms with E-state index in [9.17, 15) is 19.5 Å². The number of alkyl halides is 1. The molecule has 1 spiro atoms. The molecule has 41 heavy (non-hydrogen) atoms. The zero-order chi connectivity index (χ0) is 29.1. The highest BCUT2D eigenvalue weighted by molar-refractivity contribution is 9.09. The fourth-order valence-electron chi connectivity index (χ4n) is 6.55. The number of allylic oxidation sites excluding steroid dienone is 1. The van der Waals surface area contributed by atoms with E-state index in [-0.39, 0.29) is 56.0 Å². The van der Waals surface area contributed by atoms with E-state index >= 15 is 0 Å². The number of carbonyl (C=O) groups is 3. The Morgan fingerprint density at radius 1 is 1.24 bits per heavy atom. The Morgan fingerprint density at radius 3 is 2.80 bits per heavy atom. The lowest BCUT2D eigenvalue weighted by Crippen LogP contribution is -2.57. The van der Waals surface area contributed by atoms with Crippen LogP contribution in [0.25, 0.3) is 11.0 Å². The number of ether oxygens (including phenoxy) is 2. The van der Waals surface area contributed by atoms with Crippen LogP contribution in [0.15, 0.2) is 49.6 Å². The van der Waals surface area contributed by atoms with Crippen LogP contribution in [-0.4, -0.2) is 96.6 Å². The van der Waals surface area contributed by atoms with Crippen LogP contribution in [0, 0.1) is 11.8 Å². The van der Waals surface area contributed by atoms with E-state index in [0.717, 1.165) is 18.4 Å². The van der Waals surface area contributed by atoms with Gasteiger partial charge in [-0.25, -0.2) is 4.68 Å². The second-order valence-corrected chi connectivity index (χ2v) is 12.0. The summed E-state index contributed by atoms with van der Waals surface area (Å²) < 4.78 is 13.8. The first-order valence-electron chi connectivity index (χ1n) is 14.1. The predicted molar refractivity (Wildman–Crippen MR) is 154 cm³/mol. The molecule has 2 bridgehead atoms. The highest BCUT2D eigenvalue weighted by atomic mass is 79.9. The number of likely N-dealkylation sites (tertiary alicyclic amines) is 1. The number of unbranched alkanes of at least 4 members (excludes halogenated alkanes) is 2. The molecule has 1 aromatic heterocycles. The summed E-state index contributed by atoms with van der Waals surface area (Å²) in [5, 5.41) is 18.0. The van der Waals surface area contributed by atoms with Crippen LogP contribution in [-0.2, 0) is 30.5 Å². The van der Waals surface area contributed by atoms with Gasteiger partial charge in [-0.1, -0.05) is 45.4 Å². The van der Waals surface area contributed by atoms with Gasteiger partial charge in [0.2, 0.25) is 11.8 Å². The van der Waals surface area contributed by atoms with E-state index in [4.69, 9.17) is 9.47 Å². The molecule has 220 valence electrons. The van der Waals surface area contributed by atoms with Gasteiger partial charge in [-0.2, -0.15) is 0 Å². The number of rotatable bonds is 14. The molecule has 3 fully saturated rings. The van der Waals surface area contributed by atoms with Crippen LogP contribution in [0.3, 0.4) is 0 Å². The molecule has 3 aliphatic heterocycles. The second kappa shape index (κ2) is 12.4. The van der Waals surface area contributed by atoms with E-state index in [1.54, 1.807) is 15.7 Å². The van der Waals surface area contributed by atoms with E-state index in [0.29, 0.717) is 18.4 Å². The predicted octanol–water partition coefficient (Wildman–Crippen LogP) is 2.43. The Kier molecular flexibility index (Phi) is 8.91. The molecule has 4 heterocycles. The number of carbonyl (C=O) groups excluding carboxylic acids is 3. The molecule has 1 aromatic carbocycles. The Bertz CT molecular complexity index is 1320. The number of amides is 2. The van der Waals surface area contributed by atoms with Gasteiger partial charge in [0, 0.05) is 24.5 Å². The van der Waals surface area contributed by atoms with Gasteiger partial charge < -0.3 is 24.4 Å². The van der Waals surface area contributed by atoms with E-state index in [1.165, 1.54) is 4.90 Å². The molecule has 11 nitrogen and oxygen atoms in total. The number of para-hydroxylation sites is 1. The number of nitrogens with zero attached hydrogens (tertiary/aromatic N) is 5. The number of hydrogen-bond donors (Lipinski definition) is 1. The van der Waals surface area contributed by atoms with Gasteiger partial charge in [0.15, 0.2) is 0 Å². The van der Waals surface area contributed by atoms with Crippen molar-refractivity contribution in [2.45, 2.75) is 61.3 Å². The van der Waals surface area contributed by atoms with Crippen molar-refractivity contribution < 1.29 is 29.0 Å². The number of aliphatic hydroxyl groups excluding tert-OH is 1. The van der Waals surface area contributed by atoms with Gasteiger partial charge in [-0.15, -0.1) is 18.3 Å². The lowest BCUT2D eigenvalue weighted by Gasteiger charge is -2.37. The van der Waals surface area contributed by atoms with Gasteiger partial charge in [0.1, 0.15) is 23.8 Å². The monoisotopic (exact) mass is 629 g/mol. The fourth-order valence-corrected chi connectivity index (χ4v) is 7.49. The molecule has 1 N–H and O–H groups in total. The zero-order valence-corrected chi connectivity index (χ0v) is 24.5. The molecule has 0 radical (unpaired) electrons. The van der Waals surface area contributed by atoms with Crippen molar-refractivity contribution in [2.24, 2.45) is 11.8 Å². The molecule has 6 atom stereocenters. The first-order chi connectivity index (χ1) is 19.9. The minimum Gasteiger partial charge on any atom is -0.465 e. The van der Waals surface area contributed by atoms with Crippen molar-refractivity contribution in [3.8, 4) is 0 Å². The van der Waals surface area contributed by atoms with Gasteiger partial charge in [0.05, 0.1) is 30.1 Å². The Labute approximate surface area is 247 Å². The van der Waals surface area contributed by atoms with Gasteiger partial charge in [0.25, 0.3) is 0 Å². The molecule has 3 saturated heterocycles. The summed E-state index contributed by atoms with van der Waals surface area (Å²) in [6.45, 7) is 8.08. The Morgan fingerprint density at radius 2 is 2.05 bits per heavy atom. The van der Waals surface area contributed by atoms with Crippen LogP contribution in [0.5, 0.6) is 0 Å². The summed E-state index contributed by atoms with van der Waals surface area (Å²) in [7, 11) is 0. The van der Waals surface area contributed by atoms with Crippen LogP contribution in [0.1, 0.15) is 32.1 Å². The number of esters is 1. The van der Waals surface area contributed by atoms with Crippen molar-refractivity contribution in [2.75, 3.05) is 26.3 Å². The summed E-state index contributed by atoms with van der Waals surface area (Å²) in [6, 6.07) is 6.46. The normalized spacial score (nSPS) is 28.2. The average molecular weight is 631 g/mol. The van der Waals surface area contributed by atoms with Crippen LogP contribution >= 0.6 is 15.9 Å². The summed E-state index contributed by atoms with van der Waals surface area (Å²) >= 11 is 3.67. The number of fused-ring (bicyclic) bond motifs is 2. The summed E-state index contributed by atoms with van der Waals surface area (Å²) in [5.41, 5.74) is 0.252. The van der Waals surface area contributed by atoms with Crippen molar-refractivity contribution in [1.29, 1.82) is 0 Å². The molecule has 5 rings (SSSR count). The topological polar surface area (TPSA) is 127 Å². The maximum Gasteiger partial charge on any atom is 0.312 e. The first-order valence-corrected chi connectivity index (χ1v) is 15.0. The Balaban J connectivity index is 1.45. The van der Waals surface area contributed by atoms with Crippen LogP contribution in [0.4, 0.5) is 0 Å². The molecular weight excluding hydrogens is 594 g/mol. The summed E-state index contributed by atoms with van der Waals surface area (Å²) in [6.07, 6.45) is 5.89. The fraction of sp³-hybridized carbons (Fsp3) is 0.552. The SMILES string of the molecule is C=CCCCCOC(=O)[C@H]1[C@H]2C(=O)N(CCCO)C(C(=O)N(CC=C)Cn3nnc4ccccc43)C23CC(Br)[C@@H]1O3. The van der Waals surface area contributed by atoms with Gasteiger partial charge >= 0.3 is 5.97 Å². The van der Waals surface area contributed by atoms with E-state index < -0.39 is 35.6 Å². The molecule has 12 heteroatoms. The molecule has 3 unspecified atom stereocenters. The summed E-state index contributed by atoms with van der Waals surface area (Å²) in [4.78, 5) is 44.7. The van der Waals surface area contributed by atoms with Gasteiger partial charge in [-0.05, 0) is 44.2 Å². The minimum atomic E-state index is -1.21. The Hall–Kier alpha value is -3.09. The smallest absolute Gasteiger partial charge is 0.312 e. The largest absolute Gasteiger partial charge is 0.465 e. The molecule has 2 aromatic rings. The van der Waals surface area contributed by atoms with Crippen molar-refractivity contribution >= 4 is 44.7 Å². The standard InChI is InChI=1S/C29H36BrN5O6/c1-3-5-6-9-16-40-28(39)22-23-26(37)34(14-10-15-36)25(29(23)17-19(30)24(22)41-29)27(38)33(13-4-2)18-35-21-12-8-7-11-20(21)31-32-35/h3-4,7-8,11-12,19,22-25,36H,1-2,5-6,9-10,13-18H2/t19?,22-,23-,24-,25?,29?/m0/s1. The number of hydrogen-bond acceptors (Lipinski definition) is 8. The molecule has 0 aliphatic carbocycles. The lowest BCUT2D eigenvalue weighted by molar-refractivity contribution is -0.155. The summed E-state index contributed by atoms with van der Waals surface area (Å²) in [5.74, 6) is -2.83. The maximum absolute atomic E-state index is 14.4. The zero-order valence-electron chi connectivity index (χ0n) is 22.9. The third kappa shape index (κ3) is 5.21. The third-order valence-electron chi connectivity index (χ3n) is 8.29. The molecule has 2 amide bonds. The highest BCUT2D eigenvalue weighted by Gasteiger charge is 2.77. The maximum atomic E-state index is 14.4. The number of aliphatic hydroxyl groups is 1. The molecular formula is C29H36BrN5O6. The first kappa shape index (κ1) is 29.4. The lowest BCUT2D eigenvalue weighted by atomic mass is 9.70. The number of halogens is 1. The average Bonchev–Trinajstić information content (AvgIpc) is 3.68. The van der Waals surface area contributed by atoms with Crippen molar-refractivity contribution in [1.82, 2.24) is 24.8 Å². The van der Waals surface area contributed by atoms with Crippen LogP contribution < -0.4 is 0 Å². The third-order valence-corrected chi connectivity index (χ3v) is 9.13. The van der Waals surface area contributed by atoms with Crippen molar-refractivity contribution in [3.05, 3.63) is 49.6 Å². The van der Waals surface area contributed by atoms with Crippen molar-refractivity contribution in [3.63, 3.8) is 0 Å². The van der Waals surface area contributed by atoms with Gasteiger partial charge in [-0.3, -0.25) is 14.4 Å². The minimum absolute atomic E-state index is 0.0853. The van der Waals surface area contributed by atoms with Crippen LogP contribution in [0.2, 0.25) is 0 Å². The second-order valence-electron chi connectivity index (χ2n) is 10.8. The molecule has 0 saturated carbocycles. The van der Waals surface area contributed by atoms with E-state index in [1.807, 2.05) is 30.3 Å². The molecule has 3 aliphatic rings. The highest BCUT2D eigenvalue weighted by Crippen LogP contribution is 2.60. The quantitative estimate of drug-likeness (QED) is 0.146. The van der Waals surface area contributed by atoms with E-state index in [2.05, 4.69) is 39.4 Å². The number of aromatic nitrogens is 3.